The molecule has 0 bridgehead atoms. The van der Waals surface area contributed by atoms with Gasteiger partial charge in [0.2, 0.25) is 0 Å². The number of alkyl halides is 3. The minimum absolute atomic E-state index is 0.536. The Morgan fingerprint density at radius 3 is 2.52 bits per heavy atom. The van der Waals surface area contributed by atoms with Gasteiger partial charge in [0.05, 0.1) is 11.8 Å². The van der Waals surface area contributed by atoms with E-state index in [4.69, 9.17) is 0 Å². The van der Waals surface area contributed by atoms with Crippen molar-refractivity contribution in [3.63, 3.8) is 0 Å². The van der Waals surface area contributed by atoms with Crippen molar-refractivity contribution in [2.75, 3.05) is 0 Å². The standard InChI is InChI=1S/C19H16F3N5/c1-2-26-12-13(11-23-26)10-17-24-18-16(4-3-9-27(18)25-17)14-5-7-15(8-6-14)19(20,21)22/h3-9,11-12H,2,10H2,1H3. The third kappa shape index (κ3) is 3.42. The van der Waals surface area contributed by atoms with Crippen molar-refractivity contribution in [1.29, 1.82) is 0 Å². The number of nitrogens with zero attached hydrogens (tertiary/aromatic N) is 5. The van der Waals surface area contributed by atoms with E-state index in [0.29, 0.717) is 23.5 Å². The summed E-state index contributed by atoms with van der Waals surface area (Å²) in [6.07, 6.45) is 1.69. The second kappa shape index (κ2) is 6.53. The van der Waals surface area contributed by atoms with Gasteiger partial charge in [0.25, 0.3) is 0 Å². The number of aromatic nitrogens is 5. The smallest absolute Gasteiger partial charge is 0.273 e. The third-order valence-electron chi connectivity index (χ3n) is 4.30. The maximum atomic E-state index is 12.8. The first-order valence-corrected chi connectivity index (χ1v) is 8.47. The Morgan fingerprint density at radius 2 is 1.85 bits per heavy atom. The fourth-order valence-corrected chi connectivity index (χ4v) is 2.94. The van der Waals surface area contributed by atoms with Crippen LogP contribution in [0.15, 0.2) is 55.0 Å². The molecule has 0 aliphatic carbocycles. The molecule has 0 aliphatic heterocycles. The van der Waals surface area contributed by atoms with Gasteiger partial charge < -0.3 is 0 Å². The highest BCUT2D eigenvalue weighted by Gasteiger charge is 2.30. The molecule has 0 atom stereocenters. The second-order valence-corrected chi connectivity index (χ2v) is 6.17. The topological polar surface area (TPSA) is 48.0 Å². The minimum Gasteiger partial charge on any atom is -0.273 e. The van der Waals surface area contributed by atoms with Gasteiger partial charge in [-0.1, -0.05) is 12.1 Å². The van der Waals surface area contributed by atoms with E-state index < -0.39 is 11.7 Å². The van der Waals surface area contributed by atoms with Crippen LogP contribution in [0.4, 0.5) is 13.2 Å². The molecule has 0 unspecified atom stereocenters. The molecule has 1 aromatic carbocycles. The molecule has 3 heterocycles. The van der Waals surface area contributed by atoms with Crippen molar-refractivity contribution < 1.29 is 13.2 Å². The average molecular weight is 371 g/mol. The van der Waals surface area contributed by atoms with Crippen molar-refractivity contribution in [2.45, 2.75) is 26.1 Å². The van der Waals surface area contributed by atoms with Crippen LogP contribution < -0.4 is 0 Å². The summed E-state index contributed by atoms with van der Waals surface area (Å²) in [5.74, 6) is 0.630. The van der Waals surface area contributed by atoms with Gasteiger partial charge in [-0.3, -0.25) is 4.68 Å². The van der Waals surface area contributed by atoms with E-state index in [1.54, 1.807) is 23.0 Å². The molecule has 3 aromatic heterocycles. The number of pyridine rings is 1. The van der Waals surface area contributed by atoms with Crippen molar-refractivity contribution in [1.82, 2.24) is 24.4 Å². The Labute approximate surface area is 153 Å². The molecule has 27 heavy (non-hydrogen) atoms. The van der Waals surface area contributed by atoms with Crippen LogP contribution in [0, 0.1) is 0 Å². The maximum Gasteiger partial charge on any atom is 0.416 e. The largest absolute Gasteiger partial charge is 0.416 e. The summed E-state index contributed by atoms with van der Waals surface area (Å²) in [6, 6.07) is 8.69. The predicted molar refractivity (Wildman–Crippen MR) is 94.1 cm³/mol. The van der Waals surface area contributed by atoms with Gasteiger partial charge >= 0.3 is 6.18 Å². The Morgan fingerprint density at radius 1 is 1.07 bits per heavy atom. The minimum atomic E-state index is -4.35. The van der Waals surface area contributed by atoms with Crippen LogP contribution in [0.5, 0.6) is 0 Å². The summed E-state index contributed by atoms with van der Waals surface area (Å²) in [7, 11) is 0. The van der Waals surface area contributed by atoms with Crippen molar-refractivity contribution in [3.8, 4) is 11.1 Å². The maximum absolute atomic E-state index is 12.8. The Balaban J connectivity index is 1.68. The lowest BCUT2D eigenvalue weighted by Crippen LogP contribution is -2.04. The van der Waals surface area contributed by atoms with Crippen LogP contribution >= 0.6 is 0 Å². The molecule has 0 saturated heterocycles. The van der Waals surface area contributed by atoms with E-state index in [2.05, 4.69) is 15.2 Å². The molecule has 0 radical (unpaired) electrons. The fourth-order valence-electron chi connectivity index (χ4n) is 2.94. The summed E-state index contributed by atoms with van der Waals surface area (Å²) >= 11 is 0. The monoisotopic (exact) mass is 371 g/mol. The lowest BCUT2D eigenvalue weighted by Gasteiger charge is -2.08. The molecule has 0 fully saturated rings. The van der Waals surface area contributed by atoms with Crippen molar-refractivity contribution >= 4 is 5.65 Å². The lowest BCUT2D eigenvalue weighted by molar-refractivity contribution is -0.137. The zero-order chi connectivity index (χ0) is 19.0. The van der Waals surface area contributed by atoms with E-state index in [1.807, 2.05) is 23.9 Å². The zero-order valence-electron chi connectivity index (χ0n) is 14.5. The third-order valence-corrected chi connectivity index (χ3v) is 4.30. The van der Waals surface area contributed by atoms with Gasteiger partial charge in [-0.25, -0.2) is 9.50 Å². The fraction of sp³-hybridized carbons (Fsp3) is 0.211. The normalized spacial score (nSPS) is 12.0. The van der Waals surface area contributed by atoms with Gasteiger partial charge in [0.15, 0.2) is 11.5 Å². The highest BCUT2D eigenvalue weighted by Crippen LogP contribution is 2.31. The molecule has 0 spiro atoms. The van der Waals surface area contributed by atoms with Gasteiger partial charge in [-0.15, -0.1) is 0 Å². The first-order chi connectivity index (χ1) is 12.9. The average Bonchev–Trinajstić information content (AvgIpc) is 3.27. The van der Waals surface area contributed by atoms with Crippen LogP contribution in [0.1, 0.15) is 23.9 Å². The van der Waals surface area contributed by atoms with E-state index in [-0.39, 0.29) is 0 Å². The summed E-state index contributed by atoms with van der Waals surface area (Å²) in [5.41, 5.74) is 2.33. The molecule has 5 nitrogen and oxygen atoms in total. The summed E-state index contributed by atoms with van der Waals surface area (Å²) in [5, 5.41) is 8.71. The van der Waals surface area contributed by atoms with Gasteiger partial charge in [0.1, 0.15) is 0 Å². The Hall–Kier alpha value is -3.16. The first-order valence-electron chi connectivity index (χ1n) is 8.47. The van der Waals surface area contributed by atoms with Crippen molar-refractivity contribution in [3.05, 3.63) is 71.9 Å². The molecular weight excluding hydrogens is 355 g/mol. The van der Waals surface area contributed by atoms with Gasteiger partial charge in [-0.05, 0) is 42.3 Å². The number of benzene rings is 1. The number of halogens is 3. The summed E-state index contributed by atoms with van der Waals surface area (Å²) < 4.78 is 41.8. The van der Waals surface area contributed by atoms with E-state index in [0.717, 1.165) is 29.8 Å². The van der Waals surface area contributed by atoms with Crippen LogP contribution in [-0.2, 0) is 19.1 Å². The number of rotatable bonds is 4. The molecule has 138 valence electrons. The van der Waals surface area contributed by atoms with E-state index in [1.165, 1.54) is 12.1 Å². The Kier molecular flexibility index (Phi) is 4.18. The van der Waals surface area contributed by atoms with E-state index in [9.17, 15) is 13.2 Å². The molecule has 0 amide bonds. The first kappa shape index (κ1) is 17.3. The number of hydrogen-bond acceptors (Lipinski definition) is 3. The molecule has 4 rings (SSSR count). The molecular formula is C19H16F3N5. The van der Waals surface area contributed by atoms with Crippen molar-refractivity contribution in [2.24, 2.45) is 0 Å². The molecule has 0 N–H and O–H groups in total. The molecule has 0 saturated carbocycles. The van der Waals surface area contributed by atoms with Crippen LogP contribution in [-0.4, -0.2) is 24.4 Å². The number of fused-ring (bicyclic) bond motifs is 1. The van der Waals surface area contributed by atoms with Gasteiger partial charge in [0, 0.05) is 30.9 Å². The number of aryl methyl sites for hydroxylation is 1. The highest BCUT2D eigenvalue weighted by atomic mass is 19.4. The van der Waals surface area contributed by atoms with Crippen LogP contribution in [0.2, 0.25) is 0 Å². The van der Waals surface area contributed by atoms with Crippen LogP contribution in [0.3, 0.4) is 0 Å². The predicted octanol–water partition coefficient (Wildman–Crippen LogP) is 4.22. The summed E-state index contributed by atoms with van der Waals surface area (Å²) in [6.45, 7) is 2.80. The van der Waals surface area contributed by atoms with E-state index >= 15 is 0 Å². The zero-order valence-corrected chi connectivity index (χ0v) is 14.5. The quantitative estimate of drug-likeness (QED) is 0.540. The molecule has 8 heteroatoms. The molecule has 4 aromatic rings. The SMILES string of the molecule is CCn1cc(Cc2nc3c(-c4ccc(C(F)(F)F)cc4)cccn3n2)cn1. The Bertz CT molecular complexity index is 1080. The van der Waals surface area contributed by atoms with Gasteiger partial charge in [-0.2, -0.15) is 23.4 Å². The summed E-state index contributed by atoms with van der Waals surface area (Å²) in [4.78, 5) is 4.58. The lowest BCUT2D eigenvalue weighted by atomic mass is 10.0. The second-order valence-electron chi connectivity index (χ2n) is 6.17. The van der Waals surface area contributed by atoms with Crippen LogP contribution in [0.25, 0.3) is 16.8 Å². The highest BCUT2D eigenvalue weighted by molar-refractivity contribution is 5.77. The molecule has 0 aliphatic rings. The number of hydrogen-bond donors (Lipinski definition) is 0.